The number of benzene rings is 2. The second kappa shape index (κ2) is 5.77. The van der Waals surface area contributed by atoms with Crippen LogP contribution in [0.25, 0.3) is 5.70 Å². The summed E-state index contributed by atoms with van der Waals surface area (Å²) < 4.78 is 14.7. The van der Waals surface area contributed by atoms with Gasteiger partial charge in [0.25, 0.3) is 0 Å². The van der Waals surface area contributed by atoms with E-state index >= 15 is 0 Å². The van der Waals surface area contributed by atoms with Crippen molar-refractivity contribution in [2.45, 2.75) is 19.8 Å². The highest BCUT2D eigenvalue weighted by atomic mass is 19.1. The quantitative estimate of drug-likeness (QED) is 0.812. The van der Waals surface area contributed by atoms with Gasteiger partial charge in [-0.25, -0.2) is 4.39 Å². The minimum Gasteiger partial charge on any atom is -0.347 e. The second-order valence-corrected chi connectivity index (χ2v) is 6.71. The summed E-state index contributed by atoms with van der Waals surface area (Å²) in [5, 5.41) is 0. The van der Waals surface area contributed by atoms with Crippen molar-refractivity contribution in [3.63, 3.8) is 0 Å². The summed E-state index contributed by atoms with van der Waals surface area (Å²) >= 11 is 0. The number of ketones is 2. The molecule has 0 radical (unpaired) electrons. The number of rotatable bonds is 2. The molecular formula is C22H18FNO2. The molecule has 3 nitrogen and oxygen atoms in total. The Hall–Kier alpha value is -3.01. The zero-order chi connectivity index (χ0) is 18.6. The maximum absolute atomic E-state index is 14.7. The normalized spacial score (nSPS) is 19.0. The molecule has 0 bridgehead atoms. The number of nitrogens with zero attached hydrogens (tertiary/aromatic N) is 1. The van der Waals surface area contributed by atoms with Crippen LogP contribution in [0.3, 0.4) is 0 Å². The lowest BCUT2D eigenvalue weighted by Gasteiger charge is -2.35. The third-order valence-electron chi connectivity index (χ3n) is 5.33. The first kappa shape index (κ1) is 16.5. The minimum absolute atomic E-state index is 0.137. The number of hydrogen-bond acceptors (Lipinski definition) is 3. The first-order valence-corrected chi connectivity index (χ1v) is 8.51. The van der Waals surface area contributed by atoms with Gasteiger partial charge in [-0.1, -0.05) is 42.5 Å². The van der Waals surface area contributed by atoms with E-state index in [2.05, 4.69) is 0 Å². The molecule has 0 saturated carbocycles. The third kappa shape index (κ3) is 2.11. The van der Waals surface area contributed by atoms with Crippen LogP contribution in [0.4, 0.5) is 4.39 Å². The fraction of sp³-hybridized carbons (Fsp3) is 0.182. The summed E-state index contributed by atoms with van der Waals surface area (Å²) in [4.78, 5) is 27.6. The first-order chi connectivity index (χ1) is 12.4. The van der Waals surface area contributed by atoms with Gasteiger partial charge in [0.2, 0.25) is 0 Å². The van der Waals surface area contributed by atoms with Gasteiger partial charge in [0.15, 0.2) is 11.6 Å². The summed E-state index contributed by atoms with van der Waals surface area (Å²) in [5.74, 6) is -1.40. The molecule has 26 heavy (non-hydrogen) atoms. The molecule has 2 aromatic carbocycles. The van der Waals surface area contributed by atoms with E-state index in [1.54, 1.807) is 24.3 Å². The summed E-state index contributed by atoms with van der Waals surface area (Å²) in [5.41, 5.74) is 4.25. The highest BCUT2D eigenvalue weighted by Gasteiger charge is 2.44. The molecule has 1 aliphatic carbocycles. The van der Waals surface area contributed by atoms with E-state index in [0.29, 0.717) is 22.3 Å². The van der Waals surface area contributed by atoms with Gasteiger partial charge in [-0.2, -0.15) is 0 Å². The Balaban J connectivity index is 2.05. The van der Waals surface area contributed by atoms with Gasteiger partial charge in [-0.15, -0.1) is 0 Å². The number of hydrogen-bond donors (Lipinski definition) is 0. The van der Waals surface area contributed by atoms with E-state index in [1.807, 2.05) is 37.1 Å². The summed E-state index contributed by atoms with van der Waals surface area (Å²) in [6.45, 7) is 3.32. The number of allylic oxidation sites excluding steroid dienone is 3. The summed E-state index contributed by atoms with van der Waals surface area (Å²) in [7, 11) is 1.85. The van der Waals surface area contributed by atoms with Crippen LogP contribution in [0.1, 0.15) is 41.3 Å². The van der Waals surface area contributed by atoms with E-state index in [1.165, 1.54) is 13.0 Å². The molecule has 0 N–H and O–H groups in total. The zero-order valence-corrected chi connectivity index (χ0v) is 14.8. The predicted octanol–water partition coefficient (Wildman–Crippen LogP) is 4.33. The van der Waals surface area contributed by atoms with Crippen molar-refractivity contribution in [1.29, 1.82) is 0 Å². The third-order valence-corrected chi connectivity index (χ3v) is 5.33. The average molecular weight is 347 g/mol. The molecule has 0 amide bonds. The van der Waals surface area contributed by atoms with Crippen molar-refractivity contribution in [2.75, 3.05) is 7.05 Å². The Kier molecular flexibility index (Phi) is 3.65. The molecule has 2 aliphatic rings. The molecular weight excluding hydrogens is 329 g/mol. The SMILES string of the molecule is CC(=O)C1=C(C)N(C)C2=C(C(=O)c3ccccc32)[C@@H]1c1ccccc1F. The van der Waals surface area contributed by atoms with Gasteiger partial charge in [-0.05, 0) is 19.9 Å². The predicted molar refractivity (Wildman–Crippen MR) is 98.0 cm³/mol. The van der Waals surface area contributed by atoms with E-state index in [0.717, 1.165) is 17.0 Å². The van der Waals surface area contributed by atoms with E-state index in [9.17, 15) is 14.0 Å². The van der Waals surface area contributed by atoms with Gasteiger partial charge < -0.3 is 4.90 Å². The van der Waals surface area contributed by atoms with Crippen LogP contribution in [0.2, 0.25) is 0 Å². The van der Waals surface area contributed by atoms with Crippen LogP contribution < -0.4 is 0 Å². The van der Waals surface area contributed by atoms with Crippen molar-refractivity contribution < 1.29 is 14.0 Å². The number of carbonyl (C=O) groups is 2. The molecule has 4 heteroatoms. The average Bonchev–Trinajstić information content (AvgIpc) is 2.92. The van der Waals surface area contributed by atoms with Gasteiger partial charge in [0.1, 0.15) is 5.82 Å². The second-order valence-electron chi connectivity index (χ2n) is 6.71. The lowest BCUT2D eigenvalue weighted by atomic mass is 9.78. The topological polar surface area (TPSA) is 37.4 Å². The van der Waals surface area contributed by atoms with Gasteiger partial charge in [0.05, 0.1) is 5.70 Å². The molecule has 130 valence electrons. The Morgan fingerprint density at radius 2 is 1.65 bits per heavy atom. The first-order valence-electron chi connectivity index (χ1n) is 8.51. The number of fused-ring (bicyclic) bond motifs is 2. The molecule has 0 spiro atoms. The maximum Gasteiger partial charge on any atom is 0.192 e. The molecule has 4 rings (SSSR count). The van der Waals surface area contributed by atoms with Gasteiger partial charge >= 0.3 is 0 Å². The van der Waals surface area contributed by atoms with Crippen molar-refractivity contribution >= 4 is 17.3 Å². The fourth-order valence-corrected chi connectivity index (χ4v) is 4.09. The highest BCUT2D eigenvalue weighted by Crippen LogP contribution is 2.50. The van der Waals surface area contributed by atoms with Crippen LogP contribution >= 0.6 is 0 Å². The van der Waals surface area contributed by atoms with Crippen molar-refractivity contribution in [3.05, 3.63) is 87.9 Å². The molecule has 1 atom stereocenters. The van der Waals surface area contributed by atoms with Crippen LogP contribution in [0.15, 0.2) is 65.4 Å². The summed E-state index contributed by atoms with van der Waals surface area (Å²) in [6, 6.07) is 13.7. The van der Waals surface area contributed by atoms with E-state index in [-0.39, 0.29) is 11.6 Å². The maximum atomic E-state index is 14.7. The molecule has 0 aromatic heterocycles. The Bertz CT molecular complexity index is 1030. The van der Waals surface area contributed by atoms with E-state index < -0.39 is 11.7 Å². The molecule has 0 fully saturated rings. The van der Waals surface area contributed by atoms with Crippen molar-refractivity contribution in [3.8, 4) is 0 Å². The number of halogens is 1. The van der Waals surface area contributed by atoms with Crippen molar-refractivity contribution in [1.82, 2.24) is 4.90 Å². The molecule has 1 heterocycles. The molecule has 1 aliphatic heterocycles. The number of carbonyl (C=O) groups excluding carboxylic acids is 2. The summed E-state index contributed by atoms with van der Waals surface area (Å²) in [6.07, 6.45) is 0. The van der Waals surface area contributed by atoms with Crippen LogP contribution in [0.5, 0.6) is 0 Å². The smallest absolute Gasteiger partial charge is 0.192 e. The number of Topliss-reactive ketones (excluding diaryl/α,β-unsaturated/α-hetero) is 2. The minimum atomic E-state index is -0.695. The largest absolute Gasteiger partial charge is 0.347 e. The van der Waals surface area contributed by atoms with Crippen LogP contribution in [-0.4, -0.2) is 23.5 Å². The van der Waals surface area contributed by atoms with E-state index in [4.69, 9.17) is 0 Å². The Morgan fingerprint density at radius 1 is 1.04 bits per heavy atom. The van der Waals surface area contributed by atoms with Crippen LogP contribution in [0, 0.1) is 5.82 Å². The molecule has 0 saturated heterocycles. The molecule has 0 unspecified atom stereocenters. The Labute approximate surface area is 151 Å². The lowest BCUT2D eigenvalue weighted by molar-refractivity contribution is -0.113. The Morgan fingerprint density at radius 3 is 2.31 bits per heavy atom. The van der Waals surface area contributed by atoms with Crippen molar-refractivity contribution in [2.24, 2.45) is 0 Å². The fourth-order valence-electron chi connectivity index (χ4n) is 4.09. The highest BCUT2D eigenvalue weighted by molar-refractivity contribution is 6.23. The van der Waals surface area contributed by atoms with Gasteiger partial charge in [-0.3, -0.25) is 9.59 Å². The monoisotopic (exact) mass is 347 g/mol. The lowest BCUT2D eigenvalue weighted by Crippen LogP contribution is -2.29. The van der Waals surface area contributed by atoms with Gasteiger partial charge in [0, 0.05) is 46.5 Å². The molecule has 2 aromatic rings. The zero-order valence-electron chi connectivity index (χ0n) is 14.8. The standard InChI is InChI=1S/C22H18FNO2/c1-12-18(13(2)25)19(16-10-6-7-11-17(16)23)20-21(24(12)3)14-8-4-5-9-15(14)22(20)26/h4-11,19H,1-3H3/t19-/m1/s1. The van der Waals surface area contributed by atoms with Crippen LogP contribution in [-0.2, 0) is 4.79 Å².